The maximum atomic E-state index is 15.7. The number of anilines is 1. The molecule has 0 saturated heterocycles. The number of carbonyl (C=O) groups excluding carboxylic acids is 2. The number of sulfonamides is 1. The normalized spacial score (nSPS) is 13.1. The van der Waals surface area contributed by atoms with E-state index in [1.807, 2.05) is 25.5 Å². The summed E-state index contributed by atoms with van der Waals surface area (Å²) in [6, 6.07) is 14.7. The SMILES string of the molecule is CCc1nc2ccc(N(C(=O)NC)C(C)C)cc2c(=O)n1Cc1ccc(-c2ccccc2S(=O)(=O)NC(=O)OCCC2CC2)cc1F. The number of aromatic nitrogens is 2. The van der Waals surface area contributed by atoms with Gasteiger partial charge in [-0.05, 0) is 62.1 Å². The number of urea groups is 1. The second-order valence-corrected chi connectivity index (χ2v) is 13.4. The highest BCUT2D eigenvalue weighted by molar-refractivity contribution is 7.90. The van der Waals surface area contributed by atoms with Crippen LogP contribution in [0.2, 0.25) is 0 Å². The van der Waals surface area contributed by atoms with E-state index < -0.39 is 21.9 Å². The standard InChI is InChI=1S/C34H38FN5O6S/c1-5-31-37-29-15-14-25(40(21(2)3)33(42)36-4)19-27(29)32(41)39(31)20-24-13-12-23(18-28(24)35)26-8-6-7-9-30(26)47(44,45)38-34(43)46-17-16-22-10-11-22/h6-9,12-15,18-19,21-22H,5,10-11,16-17,20H2,1-4H3,(H,36,42)(H,38,43). The van der Waals surface area contributed by atoms with Gasteiger partial charge in [-0.1, -0.05) is 50.1 Å². The van der Waals surface area contributed by atoms with Crippen LogP contribution in [-0.4, -0.2) is 49.8 Å². The molecule has 47 heavy (non-hydrogen) atoms. The first-order valence-electron chi connectivity index (χ1n) is 15.5. The Bertz CT molecular complexity index is 1990. The smallest absolute Gasteiger partial charge is 0.421 e. The number of hydrogen-bond donors (Lipinski definition) is 2. The van der Waals surface area contributed by atoms with Crippen LogP contribution in [-0.2, 0) is 27.7 Å². The number of ether oxygens (including phenoxy) is 1. The molecule has 0 atom stereocenters. The molecule has 1 aliphatic rings. The van der Waals surface area contributed by atoms with E-state index in [0.29, 0.717) is 35.8 Å². The second kappa shape index (κ2) is 13.9. The summed E-state index contributed by atoms with van der Waals surface area (Å²) < 4.78 is 50.4. The van der Waals surface area contributed by atoms with Crippen LogP contribution in [0.25, 0.3) is 22.0 Å². The molecule has 0 aliphatic heterocycles. The van der Waals surface area contributed by atoms with Gasteiger partial charge in [-0.3, -0.25) is 14.3 Å². The van der Waals surface area contributed by atoms with E-state index in [1.165, 1.54) is 46.8 Å². The molecular weight excluding hydrogens is 625 g/mol. The molecule has 5 rings (SSSR count). The van der Waals surface area contributed by atoms with Crippen molar-refractivity contribution in [2.45, 2.75) is 63.9 Å². The zero-order chi connectivity index (χ0) is 33.9. The van der Waals surface area contributed by atoms with Crippen LogP contribution in [0.4, 0.5) is 19.7 Å². The van der Waals surface area contributed by atoms with Crippen LogP contribution < -0.4 is 20.5 Å². The lowest BCUT2D eigenvalue weighted by atomic mass is 10.0. The maximum Gasteiger partial charge on any atom is 0.421 e. The van der Waals surface area contributed by atoms with Crippen molar-refractivity contribution in [2.24, 2.45) is 5.92 Å². The number of halogens is 1. The minimum absolute atomic E-state index is 0.126. The first-order chi connectivity index (χ1) is 22.4. The minimum atomic E-state index is -4.33. The van der Waals surface area contributed by atoms with Gasteiger partial charge in [0, 0.05) is 36.3 Å². The Kier molecular flexibility index (Phi) is 9.94. The Hall–Kier alpha value is -4.78. The molecule has 4 aromatic rings. The van der Waals surface area contributed by atoms with Crippen LogP contribution in [0.1, 0.15) is 51.4 Å². The number of carbonyl (C=O) groups is 2. The number of amides is 3. The lowest BCUT2D eigenvalue weighted by Crippen LogP contribution is -2.42. The molecule has 0 unspecified atom stereocenters. The summed E-state index contributed by atoms with van der Waals surface area (Å²) in [7, 11) is -2.80. The van der Waals surface area contributed by atoms with Gasteiger partial charge in [0.2, 0.25) is 0 Å². The second-order valence-electron chi connectivity index (χ2n) is 11.8. The van der Waals surface area contributed by atoms with Gasteiger partial charge in [0.05, 0.1) is 29.0 Å². The molecule has 3 amide bonds. The maximum absolute atomic E-state index is 15.7. The minimum Gasteiger partial charge on any atom is -0.449 e. The third-order valence-corrected chi connectivity index (χ3v) is 9.47. The van der Waals surface area contributed by atoms with Crippen molar-refractivity contribution in [1.82, 2.24) is 19.6 Å². The van der Waals surface area contributed by atoms with Crippen LogP contribution in [0.3, 0.4) is 0 Å². The van der Waals surface area contributed by atoms with Gasteiger partial charge in [-0.15, -0.1) is 0 Å². The highest BCUT2D eigenvalue weighted by atomic mass is 32.2. The van der Waals surface area contributed by atoms with Crippen LogP contribution >= 0.6 is 0 Å². The molecule has 13 heteroatoms. The topological polar surface area (TPSA) is 140 Å². The molecule has 0 radical (unpaired) electrons. The van der Waals surface area contributed by atoms with Crippen molar-refractivity contribution < 1.29 is 27.1 Å². The van der Waals surface area contributed by atoms with Crippen molar-refractivity contribution in [2.75, 3.05) is 18.6 Å². The number of hydrogen-bond acceptors (Lipinski definition) is 7. The van der Waals surface area contributed by atoms with Gasteiger partial charge < -0.3 is 10.1 Å². The van der Waals surface area contributed by atoms with Gasteiger partial charge in [-0.25, -0.2) is 32.1 Å². The average molecular weight is 664 g/mol. The van der Waals surface area contributed by atoms with Crippen LogP contribution in [0, 0.1) is 11.7 Å². The number of benzene rings is 3. The van der Waals surface area contributed by atoms with Crippen molar-refractivity contribution in [3.8, 4) is 11.1 Å². The zero-order valence-corrected chi connectivity index (χ0v) is 27.6. The monoisotopic (exact) mass is 663 g/mol. The summed E-state index contributed by atoms with van der Waals surface area (Å²) >= 11 is 0. The van der Waals surface area contributed by atoms with Crippen molar-refractivity contribution in [3.63, 3.8) is 0 Å². The summed E-state index contributed by atoms with van der Waals surface area (Å²) in [5.74, 6) is 0.319. The van der Waals surface area contributed by atoms with Gasteiger partial charge in [0.25, 0.3) is 15.6 Å². The Morgan fingerprint density at radius 2 is 1.85 bits per heavy atom. The largest absolute Gasteiger partial charge is 0.449 e. The average Bonchev–Trinajstić information content (AvgIpc) is 3.87. The number of nitrogens with zero attached hydrogens (tertiary/aromatic N) is 3. The Balaban J connectivity index is 1.44. The lowest BCUT2D eigenvalue weighted by molar-refractivity contribution is 0.149. The summed E-state index contributed by atoms with van der Waals surface area (Å²) in [4.78, 5) is 44.6. The summed E-state index contributed by atoms with van der Waals surface area (Å²) in [5.41, 5.74) is 1.24. The van der Waals surface area contributed by atoms with E-state index in [2.05, 4.69) is 10.3 Å². The van der Waals surface area contributed by atoms with Crippen LogP contribution in [0.15, 0.2) is 70.4 Å². The molecule has 0 bridgehead atoms. The highest BCUT2D eigenvalue weighted by Crippen LogP contribution is 2.32. The predicted molar refractivity (Wildman–Crippen MR) is 177 cm³/mol. The molecule has 0 spiro atoms. The lowest BCUT2D eigenvalue weighted by Gasteiger charge is -2.26. The van der Waals surface area contributed by atoms with Gasteiger partial charge >= 0.3 is 12.1 Å². The molecular formula is C34H38FN5O6S. The van der Waals surface area contributed by atoms with E-state index in [4.69, 9.17) is 4.74 Å². The number of nitrogens with one attached hydrogen (secondary N) is 2. The fraction of sp³-hybridized carbons (Fsp3) is 0.353. The first-order valence-corrected chi connectivity index (χ1v) is 17.0. The fourth-order valence-corrected chi connectivity index (χ4v) is 6.60. The number of rotatable bonds is 11. The van der Waals surface area contributed by atoms with E-state index in [-0.39, 0.29) is 57.8 Å². The molecule has 1 aromatic heterocycles. The molecule has 1 saturated carbocycles. The van der Waals surface area contributed by atoms with E-state index in [1.54, 1.807) is 30.3 Å². The summed E-state index contributed by atoms with van der Waals surface area (Å²) in [6.45, 7) is 5.57. The molecule has 248 valence electrons. The third kappa shape index (κ3) is 7.46. The van der Waals surface area contributed by atoms with Gasteiger partial charge in [0.1, 0.15) is 11.6 Å². The third-order valence-electron chi connectivity index (χ3n) is 8.10. The molecule has 11 nitrogen and oxygen atoms in total. The first kappa shape index (κ1) is 33.6. The van der Waals surface area contributed by atoms with Crippen molar-refractivity contribution in [3.05, 3.63) is 88.2 Å². The molecule has 2 N–H and O–H groups in total. The highest BCUT2D eigenvalue weighted by Gasteiger charge is 2.25. The molecule has 1 heterocycles. The van der Waals surface area contributed by atoms with E-state index in [0.717, 1.165) is 12.8 Å². The zero-order valence-electron chi connectivity index (χ0n) is 26.7. The van der Waals surface area contributed by atoms with Crippen molar-refractivity contribution in [1.29, 1.82) is 0 Å². The summed E-state index contributed by atoms with van der Waals surface area (Å²) in [6.07, 6.45) is 2.19. The number of fused-ring (bicyclic) bond motifs is 1. The molecule has 1 aliphatic carbocycles. The number of aryl methyl sites for hydroxylation is 1. The molecule has 1 fully saturated rings. The summed E-state index contributed by atoms with van der Waals surface area (Å²) in [5, 5.41) is 2.90. The predicted octanol–water partition coefficient (Wildman–Crippen LogP) is 5.58. The van der Waals surface area contributed by atoms with Gasteiger partial charge in [0.15, 0.2) is 0 Å². The van der Waals surface area contributed by atoms with Gasteiger partial charge in [-0.2, -0.15) is 0 Å². The van der Waals surface area contributed by atoms with E-state index in [9.17, 15) is 22.8 Å². The Morgan fingerprint density at radius 1 is 1.11 bits per heavy atom. The quantitative estimate of drug-likeness (QED) is 0.214. The van der Waals surface area contributed by atoms with Crippen molar-refractivity contribution >= 4 is 38.7 Å². The Morgan fingerprint density at radius 3 is 2.51 bits per heavy atom. The molecule has 3 aromatic carbocycles. The Labute approximate surface area is 272 Å². The van der Waals surface area contributed by atoms with Crippen LogP contribution in [0.5, 0.6) is 0 Å². The van der Waals surface area contributed by atoms with E-state index >= 15 is 4.39 Å². The fourth-order valence-electron chi connectivity index (χ4n) is 5.48.